The Bertz CT molecular complexity index is 606. The van der Waals surface area contributed by atoms with E-state index in [2.05, 4.69) is 38.1 Å². The highest BCUT2D eigenvalue weighted by Gasteiger charge is 2.26. The van der Waals surface area contributed by atoms with Gasteiger partial charge in [0.2, 0.25) is 0 Å². The zero-order valence-corrected chi connectivity index (χ0v) is 11.4. The SMILES string of the molecule is Cc1ccc(C2C[C@H](N)c3ccccc3O2)cc1C. The molecule has 19 heavy (non-hydrogen) atoms. The number of nitrogens with two attached hydrogens (primary N) is 1. The third kappa shape index (κ3) is 2.24. The summed E-state index contributed by atoms with van der Waals surface area (Å²) in [5.41, 5.74) is 11.2. The fourth-order valence-electron chi connectivity index (χ4n) is 2.62. The fraction of sp³-hybridized carbons (Fsp3) is 0.294. The van der Waals surface area contributed by atoms with E-state index < -0.39 is 0 Å². The van der Waals surface area contributed by atoms with Gasteiger partial charge in [-0.3, -0.25) is 0 Å². The molecule has 98 valence electrons. The summed E-state index contributed by atoms with van der Waals surface area (Å²) in [5, 5.41) is 0. The molecule has 0 fully saturated rings. The van der Waals surface area contributed by atoms with Crippen LogP contribution in [0.5, 0.6) is 5.75 Å². The van der Waals surface area contributed by atoms with Gasteiger partial charge in [-0.2, -0.15) is 0 Å². The molecule has 0 radical (unpaired) electrons. The minimum atomic E-state index is 0.0524. The van der Waals surface area contributed by atoms with E-state index in [-0.39, 0.29) is 12.1 Å². The second-order valence-corrected chi connectivity index (χ2v) is 5.33. The summed E-state index contributed by atoms with van der Waals surface area (Å²) in [5.74, 6) is 0.921. The van der Waals surface area contributed by atoms with E-state index in [4.69, 9.17) is 10.5 Å². The molecule has 2 N–H and O–H groups in total. The summed E-state index contributed by atoms with van der Waals surface area (Å²) >= 11 is 0. The van der Waals surface area contributed by atoms with Gasteiger partial charge >= 0.3 is 0 Å². The van der Waals surface area contributed by atoms with Crippen LogP contribution in [-0.2, 0) is 0 Å². The van der Waals surface area contributed by atoms with E-state index in [1.165, 1.54) is 16.7 Å². The maximum Gasteiger partial charge on any atom is 0.126 e. The largest absolute Gasteiger partial charge is 0.485 e. The van der Waals surface area contributed by atoms with Crippen LogP contribution in [0, 0.1) is 13.8 Å². The van der Waals surface area contributed by atoms with E-state index in [1.54, 1.807) is 0 Å². The van der Waals surface area contributed by atoms with Crippen molar-refractivity contribution in [1.82, 2.24) is 0 Å². The van der Waals surface area contributed by atoms with Crippen LogP contribution < -0.4 is 10.5 Å². The molecule has 0 spiro atoms. The van der Waals surface area contributed by atoms with Crippen molar-refractivity contribution in [2.45, 2.75) is 32.4 Å². The van der Waals surface area contributed by atoms with E-state index in [1.807, 2.05) is 18.2 Å². The van der Waals surface area contributed by atoms with Gasteiger partial charge in [0.1, 0.15) is 11.9 Å². The van der Waals surface area contributed by atoms with Crippen LogP contribution in [0.2, 0.25) is 0 Å². The summed E-state index contributed by atoms with van der Waals surface area (Å²) < 4.78 is 6.10. The van der Waals surface area contributed by atoms with Gasteiger partial charge in [-0.15, -0.1) is 0 Å². The molecule has 1 heterocycles. The summed E-state index contributed by atoms with van der Waals surface area (Å²) in [6.45, 7) is 4.26. The second kappa shape index (κ2) is 4.71. The lowest BCUT2D eigenvalue weighted by Gasteiger charge is -2.30. The van der Waals surface area contributed by atoms with Crippen molar-refractivity contribution in [3.63, 3.8) is 0 Å². The normalized spacial score (nSPS) is 21.6. The van der Waals surface area contributed by atoms with Crippen molar-refractivity contribution in [3.05, 3.63) is 64.7 Å². The van der Waals surface area contributed by atoms with Crippen LogP contribution in [0.4, 0.5) is 0 Å². The number of rotatable bonds is 1. The Hall–Kier alpha value is -1.80. The number of ether oxygens (including phenoxy) is 1. The Kier molecular flexibility index (Phi) is 3.03. The van der Waals surface area contributed by atoms with Crippen LogP contribution >= 0.6 is 0 Å². The lowest BCUT2D eigenvalue weighted by atomic mass is 9.92. The summed E-state index contributed by atoms with van der Waals surface area (Å²) in [4.78, 5) is 0. The molecule has 2 atom stereocenters. The third-order valence-electron chi connectivity index (χ3n) is 3.96. The minimum Gasteiger partial charge on any atom is -0.485 e. The first-order valence-electron chi connectivity index (χ1n) is 6.73. The van der Waals surface area contributed by atoms with Gasteiger partial charge in [-0.25, -0.2) is 0 Å². The first-order valence-corrected chi connectivity index (χ1v) is 6.73. The molecule has 2 heteroatoms. The number of fused-ring (bicyclic) bond motifs is 1. The highest BCUT2D eigenvalue weighted by Crippen LogP contribution is 2.39. The highest BCUT2D eigenvalue weighted by molar-refractivity contribution is 5.40. The zero-order chi connectivity index (χ0) is 13.4. The van der Waals surface area contributed by atoms with E-state index >= 15 is 0 Å². The van der Waals surface area contributed by atoms with Gasteiger partial charge in [-0.05, 0) is 36.6 Å². The maximum absolute atomic E-state index is 6.26. The number of hydrogen-bond acceptors (Lipinski definition) is 2. The van der Waals surface area contributed by atoms with E-state index in [0.29, 0.717) is 0 Å². The van der Waals surface area contributed by atoms with Crippen molar-refractivity contribution in [1.29, 1.82) is 0 Å². The summed E-state index contributed by atoms with van der Waals surface area (Å²) in [7, 11) is 0. The quantitative estimate of drug-likeness (QED) is 0.838. The number of aryl methyl sites for hydroxylation is 2. The lowest BCUT2D eigenvalue weighted by molar-refractivity contribution is 0.161. The van der Waals surface area contributed by atoms with Crippen molar-refractivity contribution in [2.75, 3.05) is 0 Å². The number of benzene rings is 2. The van der Waals surface area contributed by atoms with Crippen molar-refractivity contribution in [3.8, 4) is 5.75 Å². The molecule has 2 aromatic rings. The Morgan fingerprint density at radius 3 is 2.63 bits per heavy atom. The molecule has 1 aliphatic heterocycles. The van der Waals surface area contributed by atoms with E-state index in [9.17, 15) is 0 Å². The van der Waals surface area contributed by atoms with Crippen LogP contribution in [0.15, 0.2) is 42.5 Å². The molecule has 0 saturated carbocycles. The molecule has 0 saturated heterocycles. The fourth-order valence-corrected chi connectivity index (χ4v) is 2.62. The van der Waals surface area contributed by atoms with Gasteiger partial charge in [0.05, 0.1) is 0 Å². The predicted molar refractivity (Wildman–Crippen MR) is 77.3 cm³/mol. The smallest absolute Gasteiger partial charge is 0.126 e. The van der Waals surface area contributed by atoms with Gasteiger partial charge in [0.15, 0.2) is 0 Å². The van der Waals surface area contributed by atoms with E-state index in [0.717, 1.165) is 17.7 Å². The highest BCUT2D eigenvalue weighted by atomic mass is 16.5. The summed E-state index contributed by atoms with van der Waals surface area (Å²) in [6.07, 6.45) is 0.892. The number of para-hydroxylation sites is 1. The van der Waals surface area contributed by atoms with Crippen LogP contribution in [0.1, 0.15) is 40.8 Å². The van der Waals surface area contributed by atoms with Gasteiger partial charge < -0.3 is 10.5 Å². The van der Waals surface area contributed by atoms with Crippen LogP contribution in [0.3, 0.4) is 0 Å². The molecule has 3 rings (SSSR count). The average molecular weight is 253 g/mol. The Morgan fingerprint density at radius 2 is 1.84 bits per heavy atom. The predicted octanol–water partition coefficient (Wildman–Crippen LogP) is 3.83. The van der Waals surface area contributed by atoms with Gasteiger partial charge in [0, 0.05) is 18.0 Å². The Labute approximate surface area is 114 Å². The minimum absolute atomic E-state index is 0.0524. The molecule has 0 amide bonds. The Balaban J connectivity index is 1.94. The van der Waals surface area contributed by atoms with Gasteiger partial charge in [0.25, 0.3) is 0 Å². The average Bonchev–Trinajstić information content (AvgIpc) is 2.42. The summed E-state index contributed by atoms with van der Waals surface area (Å²) in [6, 6.07) is 14.6. The molecule has 0 bridgehead atoms. The Morgan fingerprint density at radius 1 is 1.05 bits per heavy atom. The molecule has 0 aliphatic carbocycles. The first-order chi connectivity index (χ1) is 9.15. The monoisotopic (exact) mass is 253 g/mol. The molecule has 2 aromatic carbocycles. The van der Waals surface area contributed by atoms with Gasteiger partial charge in [-0.1, -0.05) is 36.4 Å². The molecular weight excluding hydrogens is 234 g/mol. The zero-order valence-electron chi connectivity index (χ0n) is 11.4. The maximum atomic E-state index is 6.26. The van der Waals surface area contributed by atoms with Crippen molar-refractivity contribution < 1.29 is 4.74 Å². The molecule has 1 aliphatic rings. The molecule has 1 unspecified atom stereocenters. The van der Waals surface area contributed by atoms with Crippen LogP contribution in [-0.4, -0.2) is 0 Å². The first kappa shape index (κ1) is 12.2. The number of hydrogen-bond donors (Lipinski definition) is 1. The topological polar surface area (TPSA) is 35.2 Å². The third-order valence-corrected chi connectivity index (χ3v) is 3.96. The van der Waals surface area contributed by atoms with Crippen molar-refractivity contribution in [2.24, 2.45) is 5.73 Å². The second-order valence-electron chi connectivity index (χ2n) is 5.33. The lowest BCUT2D eigenvalue weighted by Crippen LogP contribution is -2.24. The van der Waals surface area contributed by atoms with Crippen LogP contribution in [0.25, 0.3) is 0 Å². The molecular formula is C17H19NO. The standard InChI is InChI=1S/C17H19NO/c1-11-7-8-13(9-12(11)2)17-10-15(18)14-5-3-4-6-16(14)19-17/h3-9,15,17H,10,18H2,1-2H3/t15-,17?/m0/s1. The molecule has 0 aromatic heterocycles. The van der Waals surface area contributed by atoms with Crippen molar-refractivity contribution >= 4 is 0 Å². The molecule has 2 nitrogen and oxygen atoms in total.